The predicted molar refractivity (Wildman–Crippen MR) is 106 cm³/mol. The molecule has 2 aromatic rings. The average molecular weight is 431 g/mol. The number of hydrogen-bond acceptors (Lipinski definition) is 2. The van der Waals surface area contributed by atoms with Gasteiger partial charge in [0, 0.05) is 37.7 Å². The van der Waals surface area contributed by atoms with Crippen molar-refractivity contribution in [3.05, 3.63) is 62.0 Å². The molecule has 0 radical (unpaired) electrons. The lowest BCUT2D eigenvalue weighted by Gasteiger charge is -2.25. The summed E-state index contributed by atoms with van der Waals surface area (Å²) in [5.74, 6) is 0.851. The van der Waals surface area contributed by atoms with Crippen LogP contribution < -0.4 is 10.1 Å². The van der Waals surface area contributed by atoms with Crippen LogP contribution in [0.3, 0.4) is 0 Å². The molecule has 0 saturated heterocycles. The van der Waals surface area contributed by atoms with Crippen molar-refractivity contribution in [2.24, 2.45) is 0 Å². The molecule has 1 N–H and O–H groups in total. The highest BCUT2D eigenvalue weighted by Gasteiger charge is 2.15. The van der Waals surface area contributed by atoms with Crippen LogP contribution in [-0.2, 0) is 13.2 Å². The summed E-state index contributed by atoms with van der Waals surface area (Å²) in [7, 11) is 0. The van der Waals surface area contributed by atoms with Crippen LogP contribution in [0.5, 0.6) is 5.75 Å². The Morgan fingerprint density at radius 2 is 1.83 bits per heavy atom. The minimum Gasteiger partial charge on any atom is -0.489 e. The zero-order chi connectivity index (χ0) is 17.7. The Kier molecular flexibility index (Phi) is 6.99. The standard InChI is InChI=1S/C19H22BrCl2NO/c1-4-19(2,3)23-11-14-9-15(20)6-8-18(14)24-12-13-5-7-16(21)10-17(13)22/h5-10,23H,4,11-12H2,1-3H3. The Balaban J connectivity index is 2.12. The van der Waals surface area contributed by atoms with Crippen LogP contribution in [0.15, 0.2) is 40.9 Å². The van der Waals surface area contributed by atoms with E-state index in [0.29, 0.717) is 16.7 Å². The lowest BCUT2D eigenvalue weighted by Crippen LogP contribution is -2.37. The molecule has 0 aliphatic carbocycles. The van der Waals surface area contributed by atoms with Crippen molar-refractivity contribution in [2.45, 2.75) is 45.9 Å². The fraction of sp³-hybridized carbons (Fsp3) is 0.368. The van der Waals surface area contributed by atoms with Gasteiger partial charge >= 0.3 is 0 Å². The van der Waals surface area contributed by atoms with Crippen molar-refractivity contribution in [2.75, 3.05) is 0 Å². The van der Waals surface area contributed by atoms with Gasteiger partial charge in [-0.15, -0.1) is 0 Å². The van der Waals surface area contributed by atoms with E-state index < -0.39 is 0 Å². The van der Waals surface area contributed by atoms with Gasteiger partial charge in [-0.3, -0.25) is 0 Å². The van der Waals surface area contributed by atoms with Gasteiger partial charge in [-0.25, -0.2) is 0 Å². The lowest BCUT2D eigenvalue weighted by molar-refractivity contribution is 0.298. The second kappa shape index (κ2) is 8.57. The largest absolute Gasteiger partial charge is 0.489 e. The van der Waals surface area contributed by atoms with Crippen molar-refractivity contribution < 1.29 is 4.74 Å². The normalized spacial score (nSPS) is 11.6. The van der Waals surface area contributed by atoms with Gasteiger partial charge in [0.15, 0.2) is 0 Å². The molecule has 2 nitrogen and oxygen atoms in total. The van der Waals surface area contributed by atoms with Crippen LogP contribution in [0, 0.1) is 0 Å². The smallest absolute Gasteiger partial charge is 0.124 e. The van der Waals surface area contributed by atoms with Gasteiger partial charge in [0.05, 0.1) is 0 Å². The number of nitrogens with one attached hydrogen (secondary N) is 1. The second-order valence-electron chi connectivity index (χ2n) is 6.37. The maximum absolute atomic E-state index is 6.22. The van der Waals surface area contributed by atoms with E-state index in [4.69, 9.17) is 27.9 Å². The Morgan fingerprint density at radius 3 is 2.50 bits per heavy atom. The molecule has 0 spiro atoms. The summed E-state index contributed by atoms with van der Waals surface area (Å²) in [6, 6.07) is 11.5. The number of hydrogen-bond donors (Lipinski definition) is 1. The van der Waals surface area contributed by atoms with E-state index in [-0.39, 0.29) is 5.54 Å². The van der Waals surface area contributed by atoms with E-state index in [1.54, 1.807) is 6.07 Å². The summed E-state index contributed by atoms with van der Waals surface area (Å²) in [4.78, 5) is 0. The number of halogens is 3. The summed E-state index contributed by atoms with van der Waals surface area (Å²) in [6.45, 7) is 7.71. The first kappa shape index (κ1) is 19.6. The monoisotopic (exact) mass is 429 g/mol. The van der Waals surface area contributed by atoms with E-state index in [0.717, 1.165) is 34.3 Å². The third kappa shape index (κ3) is 5.66. The first-order chi connectivity index (χ1) is 11.3. The lowest BCUT2D eigenvalue weighted by atomic mass is 10.0. The molecule has 0 heterocycles. The van der Waals surface area contributed by atoms with Gasteiger partial charge in [0.1, 0.15) is 12.4 Å². The van der Waals surface area contributed by atoms with E-state index >= 15 is 0 Å². The Bertz CT molecular complexity index is 704. The van der Waals surface area contributed by atoms with Crippen LogP contribution >= 0.6 is 39.1 Å². The number of rotatable bonds is 7. The van der Waals surface area contributed by atoms with E-state index in [2.05, 4.69) is 48.1 Å². The fourth-order valence-electron chi connectivity index (χ4n) is 2.08. The molecule has 0 atom stereocenters. The molecular formula is C19H22BrCl2NO. The van der Waals surface area contributed by atoms with Crippen molar-refractivity contribution in [1.82, 2.24) is 5.32 Å². The third-order valence-corrected chi connectivity index (χ3v) is 5.14. The van der Waals surface area contributed by atoms with Crippen LogP contribution in [0.4, 0.5) is 0 Å². The molecule has 2 aromatic carbocycles. The average Bonchev–Trinajstić information content (AvgIpc) is 2.53. The van der Waals surface area contributed by atoms with Gasteiger partial charge in [-0.1, -0.05) is 52.1 Å². The summed E-state index contributed by atoms with van der Waals surface area (Å²) in [5.41, 5.74) is 2.10. The summed E-state index contributed by atoms with van der Waals surface area (Å²) < 4.78 is 7.04. The second-order valence-corrected chi connectivity index (χ2v) is 8.13. The molecule has 2 rings (SSSR count). The molecule has 0 aliphatic heterocycles. The van der Waals surface area contributed by atoms with E-state index in [1.165, 1.54) is 0 Å². The van der Waals surface area contributed by atoms with Crippen molar-refractivity contribution in [3.8, 4) is 5.75 Å². The van der Waals surface area contributed by atoms with Gasteiger partial charge in [-0.05, 0) is 50.6 Å². The summed E-state index contributed by atoms with van der Waals surface area (Å²) in [5, 5.41) is 4.81. The molecule has 0 amide bonds. The van der Waals surface area contributed by atoms with E-state index in [9.17, 15) is 0 Å². The fourth-order valence-corrected chi connectivity index (χ4v) is 2.95. The van der Waals surface area contributed by atoms with Crippen LogP contribution in [0.25, 0.3) is 0 Å². The topological polar surface area (TPSA) is 21.3 Å². The Hall–Kier alpha value is -0.740. The van der Waals surface area contributed by atoms with Crippen molar-refractivity contribution in [1.29, 1.82) is 0 Å². The maximum atomic E-state index is 6.22. The Morgan fingerprint density at radius 1 is 1.08 bits per heavy atom. The molecule has 5 heteroatoms. The first-order valence-corrected chi connectivity index (χ1v) is 9.46. The number of ether oxygens (including phenoxy) is 1. The van der Waals surface area contributed by atoms with Gasteiger partial charge in [-0.2, -0.15) is 0 Å². The molecule has 24 heavy (non-hydrogen) atoms. The minimum absolute atomic E-state index is 0.0824. The molecule has 0 unspecified atom stereocenters. The van der Waals surface area contributed by atoms with Crippen LogP contribution in [0.1, 0.15) is 38.3 Å². The molecule has 0 aliphatic rings. The molecule has 0 aromatic heterocycles. The molecule has 0 fully saturated rings. The van der Waals surface area contributed by atoms with Crippen LogP contribution in [0.2, 0.25) is 10.0 Å². The zero-order valence-electron chi connectivity index (χ0n) is 14.1. The highest BCUT2D eigenvalue weighted by molar-refractivity contribution is 9.10. The highest BCUT2D eigenvalue weighted by atomic mass is 79.9. The Labute approximate surface area is 162 Å². The van der Waals surface area contributed by atoms with Gasteiger partial charge < -0.3 is 10.1 Å². The van der Waals surface area contributed by atoms with Crippen LogP contribution in [-0.4, -0.2) is 5.54 Å². The van der Waals surface area contributed by atoms with Crippen molar-refractivity contribution >= 4 is 39.1 Å². The summed E-state index contributed by atoms with van der Waals surface area (Å²) >= 11 is 15.7. The summed E-state index contributed by atoms with van der Waals surface area (Å²) in [6.07, 6.45) is 1.05. The third-order valence-electron chi connectivity index (χ3n) is 4.06. The molecule has 130 valence electrons. The molecule has 0 saturated carbocycles. The predicted octanol–water partition coefficient (Wildman–Crippen LogP) is 6.61. The SMILES string of the molecule is CCC(C)(C)NCc1cc(Br)ccc1OCc1ccc(Cl)cc1Cl. The quantitative estimate of drug-likeness (QED) is 0.533. The minimum atomic E-state index is 0.0824. The van der Waals surface area contributed by atoms with Crippen molar-refractivity contribution in [3.63, 3.8) is 0 Å². The van der Waals surface area contributed by atoms with Gasteiger partial charge in [0.2, 0.25) is 0 Å². The van der Waals surface area contributed by atoms with Gasteiger partial charge in [0.25, 0.3) is 0 Å². The van der Waals surface area contributed by atoms with E-state index in [1.807, 2.05) is 24.3 Å². The zero-order valence-corrected chi connectivity index (χ0v) is 17.2. The highest BCUT2D eigenvalue weighted by Crippen LogP contribution is 2.27. The first-order valence-electron chi connectivity index (χ1n) is 7.91. The number of benzene rings is 2. The maximum Gasteiger partial charge on any atom is 0.124 e. The molecular weight excluding hydrogens is 409 g/mol. The molecule has 0 bridgehead atoms.